The van der Waals surface area contributed by atoms with Crippen LogP contribution in [0.3, 0.4) is 0 Å². The zero-order valence-corrected chi connectivity index (χ0v) is 14.7. The van der Waals surface area contributed by atoms with E-state index in [1.165, 1.54) is 16.8 Å². The fourth-order valence-corrected chi connectivity index (χ4v) is 3.48. The topological polar surface area (TPSA) is 28.7 Å². The van der Waals surface area contributed by atoms with Crippen molar-refractivity contribution in [1.82, 2.24) is 9.97 Å². The highest BCUT2D eigenvalue weighted by Gasteiger charge is 2.13. The number of aryl methyl sites for hydroxylation is 1. The number of hydrogen-bond acceptors (Lipinski definition) is 1. The first kappa shape index (κ1) is 16.8. The molecule has 0 saturated heterocycles. The van der Waals surface area contributed by atoms with E-state index in [1.807, 2.05) is 42.7 Å². The van der Waals surface area contributed by atoms with Gasteiger partial charge in [0.2, 0.25) is 0 Å². The Hall–Kier alpha value is -2.03. The number of aromatic amines is 1. The van der Waals surface area contributed by atoms with Gasteiger partial charge in [0.05, 0.1) is 0 Å². The standard InChI is InChI=1S/C20H18Cl2N2/c1-2-5-15-17(14-6-4-11-23-12-14)13-24-20(15)10-9-16-18(21)7-3-8-19(16)22/h2-4,6-8,11-13,24H,1,5,9-10H2. The Kier molecular flexibility index (Phi) is 5.39. The van der Waals surface area contributed by atoms with Gasteiger partial charge in [-0.3, -0.25) is 4.98 Å². The van der Waals surface area contributed by atoms with Crippen molar-refractivity contribution in [2.45, 2.75) is 19.3 Å². The van der Waals surface area contributed by atoms with E-state index in [0.717, 1.165) is 30.4 Å². The molecule has 2 aromatic heterocycles. The number of nitrogens with one attached hydrogen (secondary N) is 1. The van der Waals surface area contributed by atoms with Gasteiger partial charge in [-0.2, -0.15) is 0 Å². The zero-order chi connectivity index (χ0) is 16.9. The van der Waals surface area contributed by atoms with Gasteiger partial charge in [0.1, 0.15) is 0 Å². The molecule has 0 saturated carbocycles. The Morgan fingerprint density at radius 1 is 1.04 bits per heavy atom. The smallest absolute Gasteiger partial charge is 0.0452 e. The van der Waals surface area contributed by atoms with E-state index in [0.29, 0.717) is 10.0 Å². The maximum absolute atomic E-state index is 6.28. The van der Waals surface area contributed by atoms with E-state index in [4.69, 9.17) is 23.2 Å². The van der Waals surface area contributed by atoms with Gasteiger partial charge >= 0.3 is 0 Å². The van der Waals surface area contributed by atoms with E-state index < -0.39 is 0 Å². The number of rotatable bonds is 6. The summed E-state index contributed by atoms with van der Waals surface area (Å²) in [6, 6.07) is 9.64. The zero-order valence-electron chi connectivity index (χ0n) is 13.2. The lowest BCUT2D eigenvalue weighted by atomic mass is 9.98. The predicted molar refractivity (Wildman–Crippen MR) is 102 cm³/mol. The summed E-state index contributed by atoms with van der Waals surface area (Å²) in [6.07, 6.45) is 10.1. The number of nitrogens with zero attached hydrogens (tertiary/aromatic N) is 1. The van der Waals surface area contributed by atoms with Crippen molar-refractivity contribution in [1.29, 1.82) is 0 Å². The highest BCUT2D eigenvalue weighted by Crippen LogP contribution is 2.29. The number of aromatic nitrogens is 2. The van der Waals surface area contributed by atoms with Crippen LogP contribution >= 0.6 is 23.2 Å². The van der Waals surface area contributed by atoms with Crippen molar-refractivity contribution in [3.8, 4) is 11.1 Å². The Bertz CT molecular complexity index is 818. The molecule has 3 rings (SSSR count). The summed E-state index contributed by atoms with van der Waals surface area (Å²) < 4.78 is 0. The normalized spacial score (nSPS) is 10.8. The number of hydrogen-bond donors (Lipinski definition) is 1. The second-order valence-electron chi connectivity index (χ2n) is 5.59. The first-order valence-electron chi connectivity index (χ1n) is 7.84. The molecule has 0 unspecified atom stereocenters. The van der Waals surface area contributed by atoms with Crippen molar-refractivity contribution < 1.29 is 0 Å². The van der Waals surface area contributed by atoms with Crippen molar-refractivity contribution in [3.63, 3.8) is 0 Å². The Labute approximate surface area is 152 Å². The average molecular weight is 357 g/mol. The molecule has 122 valence electrons. The van der Waals surface area contributed by atoms with Gasteiger partial charge in [-0.05, 0) is 48.6 Å². The molecule has 0 amide bonds. The molecule has 24 heavy (non-hydrogen) atoms. The number of halogens is 2. The summed E-state index contributed by atoms with van der Waals surface area (Å²) >= 11 is 12.6. The van der Waals surface area contributed by atoms with E-state index in [-0.39, 0.29) is 0 Å². The number of benzene rings is 1. The Balaban J connectivity index is 1.89. The summed E-state index contributed by atoms with van der Waals surface area (Å²) in [5.41, 5.74) is 5.70. The van der Waals surface area contributed by atoms with Crippen LogP contribution in [0.4, 0.5) is 0 Å². The number of pyridine rings is 1. The van der Waals surface area contributed by atoms with Crippen LogP contribution in [0, 0.1) is 0 Å². The third-order valence-electron chi connectivity index (χ3n) is 4.09. The minimum absolute atomic E-state index is 0.715. The molecule has 0 spiro atoms. The van der Waals surface area contributed by atoms with E-state index in [2.05, 4.69) is 22.6 Å². The molecular weight excluding hydrogens is 339 g/mol. The van der Waals surface area contributed by atoms with Gasteiger partial charge in [-0.15, -0.1) is 6.58 Å². The largest absolute Gasteiger partial charge is 0.364 e. The van der Waals surface area contributed by atoms with E-state index in [9.17, 15) is 0 Å². The first-order chi connectivity index (χ1) is 11.7. The minimum Gasteiger partial charge on any atom is -0.364 e. The number of H-pyrrole nitrogens is 1. The fourth-order valence-electron chi connectivity index (χ4n) is 2.90. The van der Waals surface area contributed by atoms with Gasteiger partial charge in [0.15, 0.2) is 0 Å². The molecule has 1 aromatic carbocycles. The van der Waals surface area contributed by atoms with Crippen molar-refractivity contribution in [3.05, 3.63) is 88.4 Å². The molecule has 0 bridgehead atoms. The third kappa shape index (κ3) is 3.55. The van der Waals surface area contributed by atoms with Crippen molar-refractivity contribution >= 4 is 23.2 Å². The second-order valence-corrected chi connectivity index (χ2v) is 6.41. The predicted octanol–water partition coefficient (Wildman–Crippen LogP) is 5.90. The lowest BCUT2D eigenvalue weighted by molar-refractivity contribution is 0.910. The van der Waals surface area contributed by atoms with Crippen LogP contribution in [0.1, 0.15) is 16.8 Å². The fraction of sp³-hybridized carbons (Fsp3) is 0.150. The summed E-state index contributed by atoms with van der Waals surface area (Å²) in [6.45, 7) is 3.89. The Morgan fingerprint density at radius 3 is 2.50 bits per heavy atom. The lowest BCUT2D eigenvalue weighted by Gasteiger charge is -2.08. The molecule has 2 nitrogen and oxygen atoms in total. The lowest BCUT2D eigenvalue weighted by Crippen LogP contribution is -1.97. The van der Waals surface area contributed by atoms with E-state index in [1.54, 1.807) is 6.20 Å². The second kappa shape index (κ2) is 7.69. The molecule has 4 heteroatoms. The quantitative estimate of drug-likeness (QED) is 0.547. The van der Waals surface area contributed by atoms with Gasteiger partial charge in [-0.25, -0.2) is 0 Å². The molecule has 0 radical (unpaired) electrons. The van der Waals surface area contributed by atoms with Gasteiger partial charge in [0, 0.05) is 45.5 Å². The molecule has 0 aliphatic carbocycles. The van der Waals surface area contributed by atoms with Crippen LogP contribution < -0.4 is 0 Å². The first-order valence-corrected chi connectivity index (χ1v) is 8.59. The molecule has 0 atom stereocenters. The summed E-state index contributed by atoms with van der Waals surface area (Å²) in [4.78, 5) is 7.62. The van der Waals surface area contributed by atoms with Crippen LogP contribution in [0.15, 0.2) is 61.6 Å². The molecule has 1 N–H and O–H groups in total. The molecule has 0 aliphatic rings. The highest BCUT2D eigenvalue weighted by molar-refractivity contribution is 6.35. The third-order valence-corrected chi connectivity index (χ3v) is 4.80. The average Bonchev–Trinajstić information content (AvgIpc) is 2.98. The van der Waals surface area contributed by atoms with Crippen LogP contribution in [0.2, 0.25) is 10.0 Å². The highest BCUT2D eigenvalue weighted by atomic mass is 35.5. The van der Waals surface area contributed by atoms with E-state index >= 15 is 0 Å². The molecule has 3 aromatic rings. The maximum atomic E-state index is 6.28. The summed E-state index contributed by atoms with van der Waals surface area (Å²) in [5.74, 6) is 0. The van der Waals surface area contributed by atoms with Crippen LogP contribution in [-0.2, 0) is 19.3 Å². The van der Waals surface area contributed by atoms with Crippen LogP contribution in [-0.4, -0.2) is 9.97 Å². The van der Waals surface area contributed by atoms with Crippen LogP contribution in [0.5, 0.6) is 0 Å². The van der Waals surface area contributed by atoms with Gasteiger partial charge in [0.25, 0.3) is 0 Å². The Morgan fingerprint density at radius 2 is 1.83 bits per heavy atom. The van der Waals surface area contributed by atoms with Crippen molar-refractivity contribution in [2.75, 3.05) is 0 Å². The monoisotopic (exact) mass is 356 g/mol. The molecular formula is C20H18Cl2N2. The molecule has 0 fully saturated rings. The molecule has 0 aliphatic heterocycles. The van der Waals surface area contributed by atoms with Crippen molar-refractivity contribution in [2.24, 2.45) is 0 Å². The number of allylic oxidation sites excluding steroid dienone is 1. The summed E-state index contributed by atoms with van der Waals surface area (Å²) in [7, 11) is 0. The maximum Gasteiger partial charge on any atom is 0.0452 e. The summed E-state index contributed by atoms with van der Waals surface area (Å²) in [5, 5.41) is 1.43. The van der Waals surface area contributed by atoms with Crippen LogP contribution in [0.25, 0.3) is 11.1 Å². The van der Waals surface area contributed by atoms with Gasteiger partial charge < -0.3 is 4.98 Å². The minimum atomic E-state index is 0.715. The van der Waals surface area contributed by atoms with Gasteiger partial charge in [-0.1, -0.05) is 41.4 Å². The molecule has 2 heterocycles. The SMILES string of the molecule is C=CCc1c(-c2cccnc2)c[nH]c1CCc1c(Cl)cccc1Cl.